The van der Waals surface area contributed by atoms with Gasteiger partial charge in [0, 0.05) is 11.3 Å². The van der Waals surface area contributed by atoms with Crippen LogP contribution in [0.15, 0.2) is 53.4 Å². The van der Waals surface area contributed by atoms with Crippen molar-refractivity contribution < 1.29 is 8.42 Å². The molecule has 2 rings (SSSR count). The zero-order valence-corrected chi connectivity index (χ0v) is 12.5. The number of rotatable bonds is 4. The van der Waals surface area contributed by atoms with E-state index in [2.05, 4.69) is 4.72 Å². The van der Waals surface area contributed by atoms with Crippen LogP contribution in [0.2, 0.25) is 0 Å². The molecule has 20 heavy (non-hydrogen) atoms. The smallest absolute Gasteiger partial charge is 0.261 e. The van der Waals surface area contributed by atoms with Crippen LogP contribution in [0.3, 0.4) is 0 Å². The highest BCUT2D eigenvalue weighted by Crippen LogP contribution is 2.17. The lowest BCUT2D eigenvalue weighted by Gasteiger charge is -2.09. The van der Waals surface area contributed by atoms with Crippen LogP contribution in [0.4, 0.5) is 5.69 Å². The lowest BCUT2D eigenvalue weighted by atomic mass is 10.2. The van der Waals surface area contributed by atoms with E-state index in [1.807, 2.05) is 13.0 Å². The Labute approximate surface area is 123 Å². The number of hydrogen-bond acceptors (Lipinski definition) is 3. The molecule has 0 unspecified atom stereocenters. The topological polar surface area (TPSA) is 72.2 Å². The predicted octanol–water partition coefficient (Wildman–Crippen LogP) is 2.43. The standard InChI is InChI=1S/C14H14N2O2S2/c1-10-3-2-4-12(9-10)16-20(17,18)13-7-5-11(6-8-13)14(15)19/h2-9,16H,1H3,(H2,15,19). The number of aryl methyl sites for hydroxylation is 1. The molecule has 6 heteroatoms. The molecule has 0 saturated carbocycles. The Hall–Kier alpha value is -1.92. The first-order valence-corrected chi connectivity index (χ1v) is 7.77. The Kier molecular flexibility index (Phi) is 4.06. The third-order valence-electron chi connectivity index (χ3n) is 2.72. The van der Waals surface area contributed by atoms with Crippen LogP contribution >= 0.6 is 12.2 Å². The highest BCUT2D eigenvalue weighted by Gasteiger charge is 2.14. The fourth-order valence-corrected chi connectivity index (χ4v) is 2.91. The Balaban J connectivity index is 2.28. The Morgan fingerprint density at radius 3 is 2.35 bits per heavy atom. The summed E-state index contributed by atoms with van der Waals surface area (Å²) in [7, 11) is -3.61. The van der Waals surface area contributed by atoms with Crippen molar-refractivity contribution >= 4 is 32.9 Å². The summed E-state index contributed by atoms with van der Waals surface area (Å²) in [6, 6.07) is 13.3. The molecule has 0 aromatic heterocycles. The maximum Gasteiger partial charge on any atom is 0.261 e. The van der Waals surface area contributed by atoms with Gasteiger partial charge in [-0.05, 0) is 36.8 Å². The van der Waals surface area contributed by atoms with E-state index >= 15 is 0 Å². The van der Waals surface area contributed by atoms with Crippen molar-refractivity contribution in [2.75, 3.05) is 4.72 Å². The normalized spacial score (nSPS) is 11.1. The second-order valence-corrected chi connectivity index (χ2v) is 6.49. The molecule has 4 nitrogen and oxygen atoms in total. The minimum atomic E-state index is -3.61. The maximum atomic E-state index is 12.2. The van der Waals surface area contributed by atoms with Gasteiger partial charge in [0.25, 0.3) is 10.0 Å². The fourth-order valence-electron chi connectivity index (χ4n) is 1.72. The average Bonchev–Trinajstić information content (AvgIpc) is 2.38. The SMILES string of the molecule is Cc1cccc(NS(=O)(=O)c2ccc(C(N)=S)cc2)c1. The van der Waals surface area contributed by atoms with Gasteiger partial charge >= 0.3 is 0 Å². The van der Waals surface area contributed by atoms with E-state index < -0.39 is 10.0 Å². The highest BCUT2D eigenvalue weighted by molar-refractivity contribution is 7.92. The monoisotopic (exact) mass is 306 g/mol. The molecular weight excluding hydrogens is 292 g/mol. The summed E-state index contributed by atoms with van der Waals surface area (Å²) < 4.78 is 27.0. The van der Waals surface area contributed by atoms with Crippen LogP contribution in [0.25, 0.3) is 0 Å². The van der Waals surface area contributed by atoms with E-state index in [9.17, 15) is 8.42 Å². The van der Waals surface area contributed by atoms with E-state index in [1.165, 1.54) is 12.1 Å². The number of nitrogens with two attached hydrogens (primary N) is 1. The Bertz CT molecular complexity index is 738. The third kappa shape index (κ3) is 3.34. The molecule has 2 aromatic rings. The molecular formula is C14H14N2O2S2. The first-order valence-electron chi connectivity index (χ1n) is 5.88. The van der Waals surface area contributed by atoms with E-state index in [-0.39, 0.29) is 9.88 Å². The molecule has 104 valence electrons. The number of hydrogen-bond donors (Lipinski definition) is 2. The van der Waals surface area contributed by atoms with Crippen molar-refractivity contribution in [1.29, 1.82) is 0 Å². The second kappa shape index (κ2) is 5.60. The molecule has 0 radical (unpaired) electrons. The van der Waals surface area contributed by atoms with Gasteiger partial charge in [-0.25, -0.2) is 8.42 Å². The lowest BCUT2D eigenvalue weighted by Crippen LogP contribution is -2.14. The Morgan fingerprint density at radius 2 is 1.80 bits per heavy atom. The van der Waals surface area contributed by atoms with Gasteiger partial charge in [0.2, 0.25) is 0 Å². The molecule has 0 atom stereocenters. The zero-order chi connectivity index (χ0) is 14.8. The summed E-state index contributed by atoms with van der Waals surface area (Å²) in [6.07, 6.45) is 0. The zero-order valence-electron chi connectivity index (χ0n) is 10.8. The summed E-state index contributed by atoms with van der Waals surface area (Å²) >= 11 is 4.83. The van der Waals surface area contributed by atoms with Gasteiger partial charge in [0.1, 0.15) is 4.99 Å². The average molecular weight is 306 g/mol. The molecule has 0 saturated heterocycles. The largest absolute Gasteiger partial charge is 0.389 e. The van der Waals surface area contributed by atoms with Crippen molar-refractivity contribution in [2.45, 2.75) is 11.8 Å². The van der Waals surface area contributed by atoms with E-state index in [1.54, 1.807) is 30.3 Å². The predicted molar refractivity (Wildman–Crippen MR) is 84.3 cm³/mol. The van der Waals surface area contributed by atoms with Crippen LogP contribution in [0.1, 0.15) is 11.1 Å². The summed E-state index contributed by atoms with van der Waals surface area (Å²) in [4.78, 5) is 0.402. The molecule has 0 aliphatic rings. The lowest BCUT2D eigenvalue weighted by molar-refractivity contribution is 0.601. The molecule has 0 spiro atoms. The number of thiocarbonyl (C=S) groups is 1. The summed E-state index contributed by atoms with van der Waals surface area (Å²) in [6.45, 7) is 1.90. The van der Waals surface area contributed by atoms with Gasteiger partial charge in [0.15, 0.2) is 0 Å². The third-order valence-corrected chi connectivity index (χ3v) is 4.35. The van der Waals surface area contributed by atoms with E-state index in [0.717, 1.165) is 5.56 Å². The fraction of sp³-hybridized carbons (Fsp3) is 0.0714. The molecule has 0 fully saturated rings. The molecule has 2 aromatic carbocycles. The quantitative estimate of drug-likeness (QED) is 0.851. The van der Waals surface area contributed by atoms with Crippen LogP contribution in [-0.4, -0.2) is 13.4 Å². The van der Waals surface area contributed by atoms with Crippen molar-refractivity contribution in [3.8, 4) is 0 Å². The van der Waals surface area contributed by atoms with Gasteiger partial charge in [-0.3, -0.25) is 4.72 Å². The van der Waals surface area contributed by atoms with E-state index in [4.69, 9.17) is 18.0 Å². The summed E-state index contributed by atoms with van der Waals surface area (Å²) in [5.74, 6) is 0. The van der Waals surface area contributed by atoms with Crippen molar-refractivity contribution in [3.05, 3.63) is 59.7 Å². The molecule has 0 aliphatic carbocycles. The number of benzene rings is 2. The van der Waals surface area contributed by atoms with Crippen LogP contribution in [0.5, 0.6) is 0 Å². The molecule has 0 aliphatic heterocycles. The van der Waals surface area contributed by atoms with Gasteiger partial charge in [-0.15, -0.1) is 0 Å². The minimum Gasteiger partial charge on any atom is -0.389 e. The summed E-state index contributed by atoms with van der Waals surface area (Å²) in [5, 5.41) is 0. The second-order valence-electron chi connectivity index (χ2n) is 4.36. The van der Waals surface area contributed by atoms with Gasteiger partial charge in [-0.2, -0.15) is 0 Å². The maximum absolute atomic E-state index is 12.2. The van der Waals surface area contributed by atoms with Gasteiger partial charge < -0.3 is 5.73 Å². The summed E-state index contributed by atoms with van der Waals surface area (Å²) in [5.41, 5.74) is 7.62. The molecule has 0 amide bonds. The first-order chi connectivity index (χ1) is 9.38. The molecule has 0 heterocycles. The number of anilines is 1. The van der Waals surface area contributed by atoms with Crippen molar-refractivity contribution in [2.24, 2.45) is 5.73 Å². The highest BCUT2D eigenvalue weighted by atomic mass is 32.2. The van der Waals surface area contributed by atoms with Crippen molar-refractivity contribution in [1.82, 2.24) is 0 Å². The molecule has 0 bridgehead atoms. The minimum absolute atomic E-state index is 0.166. The Morgan fingerprint density at radius 1 is 1.15 bits per heavy atom. The number of sulfonamides is 1. The van der Waals surface area contributed by atoms with Crippen LogP contribution < -0.4 is 10.5 Å². The van der Waals surface area contributed by atoms with Crippen LogP contribution in [-0.2, 0) is 10.0 Å². The van der Waals surface area contributed by atoms with E-state index in [0.29, 0.717) is 11.3 Å². The van der Waals surface area contributed by atoms with Crippen molar-refractivity contribution in [3.63, 3.8) is 0 Å². The van der Waals surface area contributed by atoms with Crippen LogP contribution in [0, 0.1) is 6.92 Å². The first kappa shape index (κ1) is 14.5. The van der Waals surface area contributed by atoms with Gasteiger partial charge in [-0.1, -0.05) is 36.5 Å². The number of nitrogens with one attached hydrogen (secondary N) is 1. The molecule has 3 N–H and O–H groups in total. The van der Waals surface area contributed by atoms with Gasteiger partial charge in [0.05, 0.1) is 4.90 Å².